The minimum Gasteiger partial charge on any atom is -0.279 e. The van der Waals surface area contributed by atoms with Gasteiger partial charge in [0.2, 0.25) is 0 Å². The second kappa shape index (κ2) is 6.11. The molecular formula is C15H9F3N4O2. The third kappa shape index (κ3) is 2.83. The lowest BCUT2D eigenvalue weighted by molar-refractivity contribution is 0.486. The van der Waals surface area contributed by atoms with Crippen LogP contribution < -0.4 is 11.4 Å². The molecule has 3 rings (SSSR count). The Bertz CT molecular complexity index is 1020. The molecule has 0 unspecified atom stereocenters. The average Bonchev–Trinajstić information content (AvgIpc) is 2.56. The van der Waals surface area contributed by atoms with Crippen molar-refractivity contribution in [2.24, 2.45) is 0 Å². The third-order valence-electron chi connectivity index (χ3n) is 3.27. The van der Waals surface area contributed by atoms with E-state index in [0.29, 0.717) is 12.1 Å². The molecule has 0 aliphatic rings. The van der Waals surface area contributed by atoms with E-state index < -0.39 is 35.4 Å². The van der Waals surface area contributed by atoms with Gasteiger partial charge in [-0.3, -0.25) is 9.55 Å². The van der Waals surface area contributed by atoms with Crippen LogP contribution in [0.1, 0.15) is 5.56 Å². The molecule has 9 heteroatoms. The monoisotopic (exact) mass is 334 g/mol. The lowest BCUT2D eigenvalue weighted by Crippen LogP contribution is -2.40. The van der Waals surface area contributed by atoms with Gasteiger partial charge in [0.1, 0.15) is 12.1 Å². The predicted molar refractivity (Wildman–Crippen MR) is 77.3 cm³/mol. The maximum absolute atomic E-state index is 13.7. The SMILES string of the molecule is O=c1ncn(Cc2cc(F)c(F)cc2F)c(=O)n1-c1cccnc1. The van der Waals surface area contributed by atoms with E-state index in [-0.39, 0.29) is 11.3 Å². The second-order valence-electron chi connectivity index (χ2n) is 4.84. The fraction of sp³-hybridized carbons (Fsp3) is 0.0667. The van der Waals surface area contributed by atoms with Gasteiger partial charge in [-0.15, -0.1) is 0 Å². The number of halogens is 3. The van der Waals surface area contributed by atoms with Crippen LogP contribution in [0.4, 0.5) is 13.2 Å². The lowest BCUT2D eigenvalue weighted by Gasteiger charge is -2.10. The van der Waals surface area contributed by atoms with Gasteiger partial charge < -0.3 is 0 Å². The molecule has 0 atom stereocenters. The zero-order chi connectivity index (χ0) is 17.3. The van der Waals surface area contributed by atoms with E-state index in [0.717, 1.165) is 15.5 Å². The Labute approximate surface area is 132 Å². The van der Waals surface area contributed by atoms with Crippen LogP contribution in [0.5, 0.6) is 0 Å². The van der Waals surface area contributed by atoms with Crippen molar-refractivity contribution in [3.05, 3.63) is 87.0 Å². The third-order valence-corrected chi connectivity index (χ3v) is 3.27. The molecule has 2 aromatic heterocycles. The number of benzene rings is 1. The van der Waals surface area contributed by atoms with E-state index >= 15 is 0 Å². The number of hydrogen-bond donors (Lipinski definition) is 0. The van der Waals surface area contributed by atoms with E-state index in [1.54, 1.807) is 0 Å². The highest BCUT2D eigenvalue weighted by atomic mass is 19.2. The van der Waals surface area contributed by atoms with Crippen molar-refractivity contribution in [2.45, 2.75) is 6.54 Å². The minimum absolute atomic E-state index is 0.181. The average molecular weight is 334 g/mol. The largest absolute Gasteiger partial charge is 0.357 e. The molecular weight excluding hydrogens is 325 g/mol. The smallest absolute Gasteiger partial charge is 0.279 e. The first kappa shape index (κ1) is 15.7. The maximum Gasteiger partial charge on any atom is 0.357 e. The summed E-state index contributed by atoms with van der Waals surface area (Å²) in [5, 5.41) is 0. The maximum atomic E-state index is 13.7. The lowest BCUT2D eigenvalue weighted by atomic mass is 10.2. The number of nitrogens with zero attached hydrogens (tertiary/aromatic N) is 4. The van der Waals surface area contributed by atoms with Gasteiger partial charge in [0.15, 0.2) is 11.6 Å². The van der Waals surface area contributed by atoms with Crippen molar-refractivity contribution in [1.82, 2.24) is 19.1 Å². The van der Waals surface area contributed by atoms with Gasteiger partial charge in [-0.1, -0.05) is 0 Å². The molecule has 0 radical (unpaired) electrons. The van der Waals surface area contributed by atoms with Crippen LogP contribution in [0.15, 0.2) is 52.6 Å². The molecule has 3 aromatic rings. The summed E-state index contributed by atoms with van der Waals surface area (Å²) in [6.07, 6.45) is 3.66. The topological polar surface area (TPSA) is 69.8 Å². The Kier molecular flexibility index (Phi) is 3.98. The van der Waals surface area contributed by atoms with E-state index in [1.807, 2.05) is 0 Å². The molecule has 0 aliphatic heterocycles. The highest BCUT2D eigenvalue weighted by molar-refractivity contribution is 5.26. The molecule has 6 nitrogen and oxygen atoms in total. The molecule has 0 N–H and O–H groups in total. The molecule has 0 aliphatic carbocycles. The van der Waals surface area contributed by atoms with Crippen molar-refractivity contribution >= 4 is 0 Å². The Morgan fingerprint density at radius 3 is 2.50 bits per heavy atom. The summed E-state index contributed by atoms with van der Waals surface area (Å²) in [4.78, 5) is 31.6. The van der Waals surface area contributed by atoms with E-state index in [1.165, 1.54) is 24.5 Å². The van der Waals surface area contributed by atoms with Gasteiger partial charge in [0.25, 0.3) is 0 Å². The standard InChI is InChI=1S/C15H9F3N4O2/c16-11-5-13(18)12(17)4-9(11)7-21-8-20-14(23)22(15(21)24)10-2-1-3-19-6-10/h1-6,8H,7H2. The van der Waals surface area contributed by atoms with Crippen LogP contribution in [0.3, 0.4) is 0 Å². The summed E-state index contributed by atoms with van der Waals surface area (Å²) >= 11 is 0. The molecule has 0 bridgehead atoms. The fourth-order valence-electron chi connectivity index (χ4n) is 2.12. The zero-order valence-corrected chi connectivity index (χ0v) is 12.0. The molecule has 122 valence electrons. The molecule has 0 spiro atoms. The summed E-state index contributed by atoms with van der Waals surface area (Å²) in [5.74, 6) is -3.59. The van der Waals surface area contributed by atoms with Crippen LogP contribution >= 0.6 is 0 Å². The number of rotatable bonds is 3. The van der Waals surface area contributed by atoms with Gasteiger partial charge >= 0.3 is 11.4 Å². The summed E-state index contributed by atoms with van der Waals surface area (Å²) < 4.78 is 41.6. The molecule has 24 heavy (non-hydrogen) atoms. The quantitative estimate of drug-likeness (QED) is 0.676. The molecule has 0 saturated heterocycles. The van der Waals surface area contributed by atoms with Crippen LogP contribution in [0, 0.1) is 17.5 Å². The van der Waals surface area contributed by atoms with Crippen molar-refractivity contribution in [1.29, 1.82) is 0 Å². The van der Waals surface area contributed by atoms with Crippen molar-refractivity contribution in [2.75, 3.05) is 0 Å². The molecule has 2 heterocycles. The van der Waals surface area contributed by atoms with Gasteiger partial charge in [-0.05, 0) is 18.2 Å². The van der Waals surface area contributed by atoms with Crippen LogP contribution in [-0.2, 0) is 6.54 Å². The summed E-state index contributed by atoms with van der Waals surface area (Å²) in [6.45, 7) is -0.421. The van der Waals surface area contributed by atoms with Gasteiger partial charge in [0.05, 0.1) is 18.4 Å². The summed E-state index contributed by atoms with van der Waals surface area (Å²) in [6, 6.07) is 4.03. The van der Waals surface area contributed by atoms with E-state index in [2.05, 4.69) is 9.97 Å². The number of pyridine rings is 1. The summed E-state index contributed by atoms with van der Waals surface area (Å²) in [7, 11) is 0. The minimum atomic E-state index is -1.33. The predicted octanol–water partition coefficient (Wildman–Crippen LogP) is 1.25. The van der Waals surface area contributed by atoms with Gasteiger partial charge in [-0.25, -0.2) is 27.3 Å². The Morgan fingerprint density at radius 1 is 1.04 bits per heavy atom. The first-order valence-electron chi connectivity index (χ1n) is 6.69. The molecule has 1 aromatic carbocycles. The Balaban J connectivity index is 2.10. The van der Waals surface area contributed by atoms with Crippen LogP contribution in [-0.4, -0.2) is 19.1 Å². The van der Waals surface area contributed by atoms with Crippen molar-refractivity contribution in [3.63, 3.8) is 0 Å². The van der Waals surface area contributed by atoms with E-state index in [9.17, 15) is 22.8 Å². The first-order chi connectivity index (χ1) is 11.5. The molecule has 0 fully saturated rings. The normalized spacial score (nSPS) is 10.8. The van der Waals surface area contributed by atoms with Gasteiger partial charge in [-0.2, -0.15) is 4.98 Å². The van der Waals surface area contributed by atoms with Crippen molar-refractivity contribution < 1.29 is 13.2 Å². The first-order valence-corrected chi connectivity index (χ1v) is 6.69. The second-order valence-corrected chi connectivity index (χ2v) is 4.84. The highest BCUT2D eigenvalue weighted by Crippen LogP contribution is 2.14. The molecule has 0 saturated carbocycles. The van der Waals surface area contributed by atoms with Crippen LogP contribution in [0.25, 0.3) is 5.69 Å². The van der Waals surface area contributed by atoms with Gasteiger partial charge in [0, 0.05) is 17.8 Å². The van der Waals surface area contributed by atoms with Crippen molar-refractivity contribution in [3.8, 4) is 5.69 Å². The summed E-state index contributed by atoms with van der Waals surface area (Å²) in [5.41, 5.74) is -1.73. The van der Waals surface area contributed by atoms with E-state index in [4.69, 9.17) is 0 Å². The fourth-order valence-corrected chi connectivity index (χ4v) is 2.12. The molecule has 0 amide bonds. The highest BCUT2D eigenvalue weighted by Gasteiger charge is 2.13. The van der Waals surface area contributed by atoms with Crippen LogP contribution in [0.2, 0.25) is 0 Å². The zero-order valence-electron chi connectivity index (χ0n) is 12.0. The Hall–Kier alpha value is -3.23. The number of aromatic nitrogens is 4. The number of hydrogen-bond acceptors (Lipinski definition) is 4. The Morgan fingerprint density at radius 2 is 1.79 bits per heavy atom.